The number of benzene rings is 1. The lowest BCUT2D eigenvalue weighted by atomic mass is 10.1. The molecule has 1 saturated carbocycles. The average molecular weight is 316 g/mol. The molecule has 126 valence electrons. The number of rotatable bonds is 5. The Hall–Kier alpha value is -1.75. The highest BCUT2D eigenvalue weighted by atomic mass is 16.5. The second-order valence-corrected chi connectivity index (χ2v) is 6.39. The standard InChI is InChI=1S/C18H28N4O/c1-3-19-18(21-16-12-14(16)2)20-13-15-6-4-5-7-17(15)22-8-10-23-11-9-22/h4-7,14,16H,3,8-13H2,1-2H3,(H2,19,20,21). The van der Waals surface area contributed by atoms with Crippen molar-refractivity contribution in [2.24, 2.45) is 10.9 Å². The van der Waals surface area contributed by atoms with Crippen molar-refractivity contribution in [1.82, 2.24) is 10.6 Å². The van der Waals surface area contributed by atoms with Gasteiger partial charge in [-0.05, 0) is 30.9 Å². The van der Waals surface area contributed by atoms with Crippen LogP contribution in [0.15, 0.2) is 29.3 Å². The molecule has 0 radical (unpaired) electrons. The summed E-state index contributed by atoms with van der Waals surface area (Å²) in [5.74, 6) is 1.69. The Balaban J connectivity index is 1.69. The van der Waals surface area contributed by atoms with E-state index in [2.05, 4.69) is 53.6 Å². The number of para-hydroxylation sites is 1. The molecule has 1 saturated heterocycles. The summed E-state index contributed by atoms with van der Waals surface area (Å²) in [4.78, 5) is 7.19. The number of anilines is 1. The second-order valence-electron chi connectivity index (χ2n) is 6.39. The van der Waals surface area contributed by atoms with E-state index >= 15 is 0 Å². The maximum atomic E-state index is 5.46. The van der Waals surface area contributed by atoms with Gasteiger partial charge in [0.1, 0.15) is 0 Å². The van der Waals surface area contributed by atoms with Crippen molar-refractivity contribution in [3.63, 3.8) is 0 Å². The number of hydrogen-bond acceptors (Lipinski definition) is 3. The number of aliphatic imine (C=N–C) groups is 1. The molecular formula is C18H28N4O. The zero-order valence-corrected chi connectivity index (χ0v) is 14.2. The first-order chi connectivity index (χ1) is 11.3. The van der Waals surface area contributed by atoms with Gasteiger partial charge < -0.3 is 20.3 Å². The summed E-state index contributed by atoms with van der Waals surface area (Å²) in [7, 11) is 0. The number of morpholine rings is 1. The van der Waals surface area contributed by atoms with Crippen molar-refractivity contribution in [3.05, 3.63) is 29.8 Å². The molecule has 1 aromatic rings. The third kappa shape index (κ3) is 4.38. The van der Waals surface area contributed by atoms with E-state index in [-0.39, 0.29) is 0 Å². The largest absolute Gasteiger partial charge is 0.378 e. The fraction of sp³-hybridized carbons (Fsp3) is 0.611. The van der Waals surface area contributed by atoms with Crippen LogP contribution in [0.5, 0.6) is 0 Å². The van der Waals surface area contributed by atoms with Crippen LogP contribution in [0, 0.1) is 5.92 Å². The van der Waals surface area contributed by atoms with Crippen LogP contribution in [0.25, 0.3) is 0 Å². The molecule has 2 unspecified atom stereocenters. The van der Waals surface area contributed by atoms with Crippen molar-refractivity contribution >= 4 is 11.6 Å². The van der Waals surface area contributed by atoms with E-state index in [9.17, 15) is 0 Å². The summed E-state index contributed by atoms with van der Waals surface area (Å²) in [6, 6.07) is 9.16. The molecule has 5 nitrogen and oxygen atoms in total. The van der Waals surface area contributed by atoms with Gasteiger partial charge in [0.15, 0.2) is 5.96 Å². The Kier molecular flexibility index (Phi) is 5.39. The van der Waals surface area contributed by atoms with Gasteiger partial charge in [0, 0.05) is 31.4 Å². The van der Waals surface area contributed by atoms with Crippen molar-refractivity contribution in [1.29, 1.82) is 0 Å². The highest BCUT2D eigenvalue weighted by Gasteiger charge is 2.33. The van der Waals surface area contributed by atoms with Gasteiger partial charge in [-0.3, -0.25) is 0 Å². The molecule has 2 aliphatic rings. The first-order valence-corrected chi connectivity index (χ1v) is 8.73. The fourth-order valence-electron chi connectivity index (χ4n) is 2.94. The molecule has 2 fully saturated rings. The van der Waals surface area contributed by atoms with Gasteiger partial charge in [0.25, 0.3) is 0 Å². The number of nitrogens with zero attached hydrogens (tertiary/aromatic N) is 2. The first kappa shape index (κ1) is 16.1. The number of ether oxygens (including phenoxy) is 1. The van der Waals surface area contributed by atoms with Crippen LogP contribution in [-0.2, 0) is 11.3 Å². The van der Waals surface area contributed by atoms with E-state index in [1.807, 2.05) is 0 Å². The molecule has 1 aliphatic heterocycles. The number of nitrogens with one attached hydrogen (secondary N) is 2. The van der Waals surface area contributed by atoms with E-state index in [0.717, 1.165) is 44.7 Å². The molecule has 0 amide bonds. The Morgan fingerprint density at radius 1 is 1.30 bits per heavy atom. The van der Waals surface area contributed by atoms with E-state index in [4.69, 9.17) is 9.73 Å². The molecule has 1 aliphatic carbocycles. The van der Waals surface area contributed by atoms with Crippen molar-refractivity contribution in [2.45, 2.75) is 32.9 Å². The third-order valence-corrected chi connectivity index (χ3v) is 4.53. The molecule has 2 atom stereocenters. The Labute approximate surface area is 139 Å². The van der Waals surface area contributed by atoms with Gasteiger partial charge in [0.2, 0.25) is 0 Å². The summed E-state index contributed by atoms with van der Waals surface area (Å²) in [5.41, 5.74) is 2.56. The minimum Gasteiger partial charge on any atom is -0.378 e. The molecule has 2 N–H and O–H groups in total. The third-order valence-electron chi connectivity index (χ3n) is 4.53. The minimum absolute atomic E-state index is 0.585. The van der Waals surface area contributed by atoms with Crippen LogP contribution in [0.1, 0.15) is 25.8 Å². The average Bonchev–Trinajstić information content (AvgIpc) is 3.29. The fourth-order valence-corrected chi connectivity index (χ4v) is 2.94. The molecule has 5 heteroatoms. The molecule has 1 heterocycles. The van der Waals surface area contributed by atoms with Crippen LogP contribution >= 0.6 is 0 Å². The minimum atomic E-state index is 0.585. The zero-order chi connectivity index (χ0) is 16.1. The van der Waals surface area contributed by atoms with Crippen LogP contribution in [0.3, 0.4) is 0 Å². The highest BCUT2D eigenvalue weighted by Crippen LogP contribution is 2.29. The van der Waals surface area contributed by atoms with E-state index < -0.39 is 0 Å². The molecular weight excluding hydrogens is 288 g/mol. The Morgan fingerprint density at radius 2 is 2.04 bits per heavy atom. The Bertz CT molecular complexity index is 540. The highest BCUT2D eigenvalue weighted by molar-refractivity contribution is 5.80. The lowest BCUT2D eigenvalue weighted by Crippen LogP contribution is -2.39. The summed E-state index contributed by atoms with van der Waals surface area (Å²) >= 11 is 0. The van der Waals surface area contributed by atoms with Crippen LogP contribution in [-0.4, -0.2) is 44.8 Å². The molecule has 3 rings (SSSR count). The van der Waals surface area contributed by atoms with Crippen LogP contribution < -0.4 is 15.5 Å². The smallest absolute Gasteiger partial charge is 0.191 e. The predicted octanol–water partition coefficient (Wildman–Crippen LogP) is 1.99. The molecule has 0 bridgehead atoms. The molecule has 1 aromatic carbocycles. The predicted molar refractivity (Wildman–Crippen MR) is 95.0 cm³/mol. The van der Waals surface area contributed by atoms with E-state index in [1.54, 1.807) is 0 Å². The quantitative estimate of drug-likeness (QED) is 0.644. The topological polar surface area (TPSA) is 48.9 Å². The summed E-state index contributed by atoms with van der Waals surface area (Å²) in [6.07, 6.45) is 1.24. The van der Waals surface area contributed by atoms with E-state index in [1.165, 1.54) is 17.7 Å². The van der Waals surface area contributed by atoms with Crippen molar-refractivity contribution < 1.29 is 4.74 Å². The lowest BCUT2D eigenvalue weighted by Gasteiger charge is -2.30. The Morgan fingerprint density at radius 3 is 2.74 bits per heavy atom. The van der Waals surface area contributed by atoms with Gasteiger partial charge in [-0.2, -0.15) is 0 Å². The molecule has 0 spiro atoms. The summed E-state index contributed by atoms with van der Waals surface area (Å²) in [6.45, 7) is 9.49. The monoisotopic (exact) mass is 316 g/mol. The van der Waals surface area contributed by atoms with Gasteiger partial charge >= 0.3 is 0 Å². The first-order valence-electron chi connectivity index (χ1n) is 8.73. The molecule has 23 heavy (non-hydrogen) atoms. The zero-order valence-electron chi connectivity index (χ0n) is 14.2. The maximum Gasteiger partial charge on any atom is 0.191 e. The van der Waals surface area contributed by atoms with E-state index in [0.29, 0.717) is 12.6 Å². The second kappa shape index (κ2) is 7.68. The lowest BCUT2D eigenvalue weighted by molar-refractivity contribution is 0.122. The van der Waals surface area contributed by atoms with Crippen LogP contribution in [0.4, 0.5) is 5.69 Å². The van der Waals surface area contributed by atoms with Crippen molar-refractivity contribution in [3.8, 4) is 0 Å². The summed E-state index contributed by atoms with van der Waals surface area (Å²) in [5, 5.41) is 6.87. The SMILES string of the molecule is CCNC(=NCc1ccccc1N1CCOCC1)NC1CC1C. The summed E-state index contributed by atoms with van der Waals surface area (Å²) < 4.78 is 5.46. The molecule has 0 aromatic heterocycles. The van der Waals surface area contributed by atoms with Gasteiger partial charge in [-0.15, -0.1) is 0 Å². The van der Waals surface area contributed by atoms with Gasteiger partial charge in [-0.25, -0.2) is 4.99 Å². The van der Waals surface area contributed by atoms with Crippen molar-refractivity contribution in [2.75, 3.05) is 37.7 Å². The normalized spacial score (nSPS) is 24.4. The van der Waals surface area contributed by atoms with Crippen LogP contribution in [0.2, 0.25) is 0 Å². The number of hydrogen-bond donors (Lipinski definition) is 2. The number of guanidine groups is 1. The van der Waals surface area contributed by atoms with Gasteiger partial charge in [0.05, 0.1) is 19.8 Å². The maximum absolute atomic E-state index is 5.46. The van der Waals surface area contributed by atoms with Gasteiger partial charge in [-0.1, -0.05) is 25.1 Å².